The monoisotopic (exact) mass is 266 g/mol. The van der Waals surface area contributed by atoms with Gasteiger partial charge in [0.15, 0.2) is 0 Å². The molecule has 2 nitrogen and oxygen atoms in total. The fourth-order valence-electron chi connectivity index (χ4n) is 3.86. The lowest BCUT2D eigenvalue weighted by Gasteiger charge is -2.40. The average Bonchev–Trinajstić information content (AvgIpc) is 2.38. The molecule has 1 aliphatic carbocycles. The number of likely N-dealkylation sites (tertiary alicyclic amines) is 1. The quantitative estimate of drug-likeness (QED) is 0.817. The standard InChI is InChI=1S/C17H34N2/c1-15(14-19-11-7-4-8-12-19)13-18-16-9-5-6-10-17(16,2)3/h15-16,18H,4-14H2,1-3H3. The number of piperidine rings is 1. The molecule has 1 saturated heterocycles. The van der Waals surface area contributed by atoms with Gasteiger partial charge in [-0.2, -0.15) is 0 Å². The Balaban J connectivity index is 1.68. The Labute approximate surface area is 120 Å². The molecule has 1 aliphatic heterocycles. The minimum absolute atomic E-state index is 0.503. The molecule has 0 aromatic rings. The molecular weight excluding hydrogens is 232 g/mol. The molecule has 112 valence electrons. The molecule has 0 bridgehead atoms. The second-order valence-corrected chi connectivity index (χ2v) is 7.66. The fraction of sp³-hybridized carbons (Fsp3) is 1.00. The van der Waals surface area contributed by atoms with Crippen LogP contribution in [0.4, 0.5) is 0 Å². The van der Waals surface area contributed by atoms with Crippen molar-refractivity contribution < 1.29 is 0 Å². The molecule has 0 amide bonds. The van der Waals surface area contributed by atoms with Crippen LogP contribution in [0.3, 0.4) is 0 Å². The van der Waals surface area contributed by atoms with Gasteiger partial charge in [0.05, 0.1) is 0 Å². The van der Waals surface area contributed by atoms with E-state index in [1.807, 2.05) is 0 Å². The zero-order chi connectivity index (χ0) is 13.7. The van der Waals surface area contributed by atoms with Crippen LogP contribution in [0.1, 0.15) is 65.7 Å². The Kier molecular flexibility index (Phi) is 5.70. The van der Waals surface area contributed by atoms with Crippen LogP contribution in [0, 0.1) is 11.3 Å². The molecule has 2 heteroatoms. The van der Waals surface area contributed by atoms with E-state index in [0.29, 0.717) is 5.41 Å². The normalized spacial score (nSPS) is 30.2. The Morgan fingerprint density at radius 1 is 1.11 bits per heavy atom. The van der Waals surface area contributed by atoms with Crippen LogP contribution >= 0.6 is 0 Å². The molecule has 1 N–H and O–H groups in total. The van der Waals surface area contributed by atoms with Crippen molar-refractivity contribution in [3.8, 4) is 0 Å². The molecule has 2 rings (SSSR count). The third kappa shape index (κ3) is 4.75. The highest BCUT2D eigenvalue weighted by Crippen LogP contribution is 2.35. The molecule has 2 unspecified atom stereocenters. The van der Waals surface area contributed by atoms with E-state index in [4.69, 9.17) is 0 Å². The third-order valence-corrected chi connectivity index (χ3v) is 5.24. The topological polar surface area (TPSA) is 15.3 Å². The van der Waals surface area contributed by atoms with Gasteiger partial charge in [0.2, 0.25) is 0 Å². The summed E-state index contributed by atoms with van der Waals surface area (Å²) < 4.78 is 0. The van der Waals surface area contributed by atoms with Gasteiger partial charge in [-0.05, 0) is 56.7 Å². The first-order valence-electron chi connectivity index (χ1n) is 8.54. The Hall–Kier alpha value is -0.0800. The van der Waals surface area contributed by atoms with Crippen molar-refractivity contribution in [1.82, 2.24) is 10.2 Å². The van der Waals surface area contributed by atoms with Gasteiger partial charge in [-0.25, -0.2) is 0 Å². The highest BCUT2D eigenvalue weighted by atomic mass is 15.1. The second-order valence-electron chi connectivity index (χ2n) is 7.66. The SMILES string of the molecule is CC(CNC1CCCCC1(C)C)CN1CCCCC1. The van der Waals surface area contributed by atoms with Crippen molar-refractivity contribution in [2.45, 2.75) is 71.8 Å². The number of rotatable bonds is 5. The maximum atomic E-state index is 3.87. The molecule has 0 spiro atoms. The second kappa shape index (κ2) is 7.08. The molecule has 0 aromatic carbocycles. The van der Waals surface area contributed by atoms with Crippen molar-refractivity contribution in [2.24, 2.45) is 11.3 Å². The van der Waals surface area contributed by atoms with E-state index in [-0.39, 0.29) is 0 Å². The van der Waals surface area contributed by atoms with Gasteiger partial charge < -0.3 is 10.2 Å². The lowest BCUT2D eigenvalue weighted by molar-refractivity contribution is 0.152. The van der Waals surface area contributed by atoms with E-state index >= 15 is 0 Å². The van der Waals surface area contributed by atoms with Crippen molar-refractivity contribution >= 4 is 0 Å². The Bertz CT molecular complexity index is 256. The summed E-state index contributed by atoms with van der Waals surface area (Å²) >= 11 is 0. The number of nitrogens with zero attached hydrogens (tertiary/aromatic N) is 1. The summed E-state index contributed by atoms with van der Waals surface area (Å²) in [5.74, 6) is 0.788. The maximum Gasteiger partial charge on any atom is 0.0118 e. The number of hydrogen-bond acceptors (Lipinski definition) is 2. The summed E-state index contributed by atoms with van der Waals surface area (Å²) in [6, 6.07) is 0.741. The van der Waals surface area contributed by atoms with Gasteiger partial charge in [0, 0.05) is 12.6 Å². The molecular formula is C17H34N2. The summed E-state index contributed by atoms with van der Waals surface area (Å²) in [5, 5.41) is 3.87. The summed E-state index contributed by atoms with van der Waals surface area (Å²) in [6.07, 6.45) is 9.88. The largest absolute Gasteiger partial charge is 0.313 e. The van der Waals surface area contributed by atoms with Gasteiger partial charge in [-0.3, -0.25) is 0 Å². The highest BCUT2D eigenvalue weighted by molar-refractivity contribution is 4.88. The zero-order valence-electron chi connectivity index (χ0n) is 13.4. The Morgan fingerprint density at radius 2 is 1.84 bits per heavy atom. The molecule has 2 fully saturated rings. The molecule has 2 aliphatic rings. The highest BCUT2D eigenvalue weighted by Gasteiger charge is 2.31. The zero-order valence-corrected chi connectivity index (χ0v) is 13.4. The van der Waals surface area contributed by atoms with Crippen LogP contribution in [0.15, 0.2) is 0 Å². The van der Waals surface area contributed by atoms with Crippen molar-refractivity contribution in [2.75, 3.05) is 26.2 Å². The first-order valence-corrected chi connectivity index (χ1v) is 8.54. The predicted molar refractivity (Wildman–Crippen MR) is 83.5 cm³/mol. The van der Waals surface area contributed by atoms with Gasteiger partial charge in [-0.15, -0.1) is 0 Å². The average molecular weight is 266 g/mol. The lowest BCUT2D eigenvalue weighted by Crippen LogP contribution is -2.46. The predicted octanol–water partition coefficient (Wildman–Crippen LogP) is 3.67. The lowest BCUT2D eigenvalue weighted by atomic mass is 9.73. The van der Waals surface area contributed by atoms with Crippen molar-refractivity contribution in [1.29, 1.82) is 0 Å². The van der Waals surface area contributed by atoms with E-state index in [1.54, 1.807) is 0 Å². The minimum Gasteiger partial charge on any atom is -0.313 e. The minimum atomic E-state index is 0.503. The van der Waals surface area contributed by atoms with E-state index < -0.39 is 0 Å². The van der Waals surface area contributed by atoms with Gasteiger partial charge >= 0.3 is 0 Å². The van der Waals surface area contributed by atoms with Gasteiger partial charge in [0.25, 0.3) is 0 Å². The molecule has 2 atom stereocenters. The fourth-order valence-corrected chi connectivity index (χ4v) is 3.86. The smallest absolute Gasteiger partial charge is 0.0118 e. The summed E-state index contributed by atoms with van der Waals surface area (Å²) in [4.78, 5) is 2.67. The molecule has 19 heavy (non-hydrogen) atoms. The van der Waals surface area contributed by atoms with Crippen LogP contribution < -0.4 is 5.32 Å². The molecule has 0 aromatic heterocycles. The summed E-state index contributed by atoms with van der Waals surface area (Å²) in [7, 11) is 0. The van der Waals surface area contributed by atoms with Crippen LogP contribution in [-0.2, 0) is 0 Å². The Morgan fingerprint density at radius 3 is 2.53 bits per heavy atom. The van der Waals surface area contributed by atoms with Crippen molar-refractivity contribution in [3.63, 3.8) is 0 Å². The van der Waals surface area contributed by atoms with Crippen LogP contribution in [0.5, 0.6) is 0 Å². The molecule has 1 saturated carbocycles. The molecule has 0 radical (unpaired) electrons. The third-order valence-electron chi connectivity index (χ3n) is 5.24. The van der Waals surface area contributed by atoms with E-state index in [2.05, 4.69) is 31.0 Å². The van der Waals surface area contributed by atoms with Crippen LogP contribution in [0.25, 0.3) is 0 Å². The summed E-state index contributed by atoms with van der Waals surface area (Å²) in [5.41, 5.74) is 0.503. The van der Waals surface area contributed by atoms with E-state index in [0.717, 1.165) is 12.0 Å². The van der Waals surface area contributed by atoms with E-state index in [9.17, 15) is 0 Å². The van der Waals surface area contributed by atoms with Crippen molar-refractivity contribution in [3.05, 3.63) is 0 Å². The first kappa shape index (κ1) is 15.3. The van der Waals surface area contributed by atoms with E-state index in [1.165, 1.54) is 71.1 Å². The van der Waals surface area contributed by atoms with Crippen LogP contribution in [-0.4, -0.2) is 37.1 Å². The number of hydrogen-bond donors (Lipinski definition) is 1. The first-order chi connectivity index (χ1) is 9.08. The molecule has 1 heterocycles. The maximum absolute atomic E-state index is 3.87. The number of nitrogens with one attached hydrogen (secondary N) is 1. The van der Waals surface area contributed by atoms with Gasteiger partial charge in [-0.1, -0.05) is 40.0 Å². The van der Waals surface area contributed by atoms with Gasteiger partial charge in [0.1, 0.15) is 0 Å². The summed E-state index contributed by atoms with van der Waals surface area (Å²) in [6.45, 7) is 12.5. The van der Waals surface area contributed by atoms with Crippen LogP contribution in [0.2, 0.25) is 0 Å².